The molecular formula is C18H21BrNO5P. The minimum Gasteiger partial charge on any atom is -0.364 e. The minimum atomic E-state index is -3.34. The molecular weight excluding hydrogens is 421 g/mol. The van der Waals surface area contributed by atoms with Crippen molar-refractivity contribution in [1.29, 1.82) is 0 Å². The number of halogens is 1. The first-order valence-corrected chi connectivity index (χ1v) is 11.1. The molecule has 0 spiro atoms. The summed E-state index contributed by atoms with van der Waals surface area (Å²) in [7, 11) is -3.34. The van der Waals surface area contributed by atoms with Gasteiger partial charge in [0.25, 0.3) is 0 Å². The number of benzene rings is 1. The SMILES string of the molecule is CCOP(=O)(Cc1cc(Br)ccc1C(=O)c1conc1C1CC1)OCC. The van der Waals surface area contributed by atoms with Crippen LogP contribution in [0.15, 0.2) is 33.5 Å². The van der Waals surface area contributed by atoms with E-state index in [2.05, 4.69) is 21.1 Å². The van der Waals surface area contributed by atoms with Crippen LogP contribution in [0.5, 0.6) is 0 Å². The number of hydrogen-bond donors (Lipinski definition) is 0. The number of ketones is 1. The summed E-state index contributed by atoms with van der Waals surface area (Å²) in [6.07, 6.45) is 3.46. The highest BCUT2D eigenvalue weighted by atomic mass is 79.9. The number of aromatic nitrogens is 1. The van der Waals surface area contributed by atoms with Gasteiger partial charge in [0.1, 0.15) is 6.26 Å². The zero-order valence-electron chi connectivity index (χ0n) is 14.7. The van der Waals surface area contributed by atoms with E-state index in [-0.39, 0.29) is 25.2 Å². The highest BCUT2D eigenvalue weighted by molar-refractivity contribution is 9.10. The molecule has 0 radical (unpaired) electrons. The largest absolute Gasteiger partial charge is 0.364 e. The van der Waals surface area contributed by atoms with Gasteiger partial charge < -0.3 is 13.6 Å². The third-order valence-corrected chi connectivity index (χ3v) is 6.66. The van der Waals surface area contributed by atoms with Crippen LogP contribution >= 0.6 is 23.5 Å². The zero-order valence-corrected chi connectivity index (χ0v) is 17.2. The normalized spacial score (nSPS) is 14.6. The molecule has 1 aromatic heterocycles. The molecule has 0 N–H and O–H groups in total. The number of nitrogens with zero attached hydrogens (tertiary/aromatic N) is 1. The topological polar surface area (TPSA) is 78.6 Å². The molecule has 0 saturated heterocycles. The molecule has 6 nitrogen and oxygen atoms in total. The summed E-state index contributed by atoms with van der Waals surface area (Å²) in [4.78, 5) is 13.1. The average molecular weight is 442 g/mol. The first kappa shape index (κ1) is 19.5. The molecule has 2 aromatic rings. The van der Waals surface area contributed by atoms with Gasteiger partial charge in [-0.05, 0) is 50.5 Å². The summed E-state index contributed by atoms with van der Waals surface area (Å²) in [6, 6.07) is 5.28. The molecule has 140 valence electrons. The van der Waals surface area contributed by atoms with Gasteiger partial charge in [0.15, 0.2) is 5.78 Å². The van der Waals surface area contributed by atoms with Crippen molar-refractivity contribution in [2.45, 2.75) is 38.8 Å². The van der Waals surface area contributed by atoms with Crippen molar-refractivity contribution in [1.82, 2.24) is 5.16 Å². The van der Waals surface area contributed by atoms with Crippen LogP contribution in [0, 0.1) is 0 Å². The van der Waals surface area contributed by atoms with E-state index in [1.165, 1.54) is 6.26 Å². The maximum atomic E-state index is 13.1. The lowest BCUT2D eigenvalue weighted by Crippen LogP contribution is -2.09. The molecule has 1 heterocycles. The van der Waals surface area contributed by atoms with E-state index < -0.39 is 7.60 Å². The zero-order chi connectivity index (χ0) is 18.7. The molecule has 0 amide bonds. The molecule has 0 atom stereocenters. The van der Waals surface area contributed by atoms with Crippen LogP contribution < -0.4 is 0 Å². The maximum absolute atomic E-state index is 13.1. The molecule has 8 heteroatoms. The predicted molar refractivity (Wildman–Crippen MR) is 101 cm³/mol. The number of rotatable bonds is 9. The Morgan fingerprint density at radius 3 is 2.58 bits per heavy atom. The fourth-order valence-electron chi connectivity index (χ4n) is 2.86. The Balaban J connectivity index is 1.96. The van der Waals surface area contributed by atoms with Crippen molar-refractivity contribution in [3.63, 3.8) is 0 Å². The van der Waals surface area contributed by atoms with Crippen molar-refractivity contribution in [3.05, 3.63) is 51.3 Å². The molecule has 26 heavy (non-hydrogen) atoms. The van der Waals surface area contributed by atoms with Gasteiger partial charge in [-0.1, -0.05) is 21.1 Å². The summed E-state index contributed by atoms with van der Waals surface area (Å²) >= 11 is 3.41. The fraction of sp³-hybridized carbons (Fsp3) is 0.444. The van der Waals surface area contributed by atoms with Crippen LogP contribution in [0.3, 0.4) is 0 Å². The third kappa shape index (κ3) is 4.34. The Bertz CT molecular complexity index is 836. The summed E-state index contributed by atoms with van der Waals surface area (Å²) < 4.78 is 29.5. The summed E-state index contributed by atoms with van der Waals surface area (Å²) in [6.45, 7) is 4.06. The molecule has 0 aliphatic heterocycles. The van der Waals surface area contributed by atoms with E-state index in [1.807, 2.05) is 0 Å². The first-order valence-electron chi connectivity index (χ1n) is 8.63. The van der Waals surface area contributed by atoms with Gasteiger partial charge in [0.05, 0.1) is 30.6 Å². The maximum Gasteiger partial charge on any atom is 0.335 e. The fourth-order valence-corrected chi connectivity index (χ4v) is 4.99. The van der Waals surface area contributed by atoms with E-state index in [0.29, 0.717) is 28.3 Å². The molecule has 1 aromatic carbocycles. The lowest BCUT2D eigenvalue weighted by molar-refractivity contribution is 0.103. The van der Waals surface area contributed by atoms with Crippen LogP contribution in [-0.2, 0) is 19.8 Å². The quantitative estimate of drug-likeness (QED) is 0.387. The average Bonchev–Trinajstić information content (AvgIpc) is 3.31. The molecule has 0 unspecified atom stereocenters. The number of carbonyl (C=O) groups excluding carboxylic acids is 1. The van der Waals surface area contributed by atoms with Crippen molar-refractivity contribution in [2.24, 2.45) is 0 Å². The summed E-state index contributed by atoms with van der Waals surface area (Å²) in [5, 5.41) is 4.00. The van der Waals surface area contributed by atoms with Gasteiger partial charge in [-0.3, -0.25) is 9.36 Å². The van der Waals surface area contributed by atoms with E-state index in [0.717, 1.165) is 17.3 Å². The monoisotopic (exact) mass is 441 g/mol. The van der Waals surface area contributed by atoms with Crippen molar-refractivity contribution in [3.8, 4) is 0 Å². The van der Waals surface area contributed by atoms with Gasteiger partial charge in [0.2, 0.25) is 0 Å². The lowest BCUT2D eigenvalue weighted by Gasteiger charge is -2.18. The van der Waals surface area contributed by atoms with Gasteiger partial charge in [-0.25, -0.2) is 0 Å². The predicted octanol–water partition coefficient (Wildman–Crippen LogP) is 5.31. The lowest BCUT2D eigenvalue weighted by atomic mass is 9.98. The second-order valence-corrected chi connectivity index (χ2v) is 9.09. The molecule has 1 aliphatic carbocycles. The van der Waals surface area contributed by atoms with Crippen LogP contribution in [0.4, 0.5) is 0 Å². The van der Waals surface area contributed by atoms with Gasteiger partial charge in [-0.2, -0.15) is 0 Å². The Labute approximate surface area is 160 Å². The summed E-state index contributed by atoms with van der Waals surface area (Å²) in [5.74, 6) is 0.111. The molecule has 0 bridgehead atoms. The summed E-state index contributed by atoms with van der Waals surface area (Å²) in [5.41, 5.74) is 2.25. The van der Waals surface area contributed by atoms with Gasteiger partial charge in [-0.15, -0.1) is 0 Å². The second kappa shape index (κ2) is 8.17. The smallest absolute Gasteiger partial charge is 0.335 e. The molecule has 3 rings (SSSR count). The molecule has 1 saturated carbocycles. The molecule has 1 fully saturated rings. The highest BCUT2D eigenvalue weighted by Crippen LogP contribution is 2.52. The van der Waals surface area contributed by atoms with Crippen LogP contribution in [0.2, 0.25) is 0 Å². The van der Waals surface area contributed by atoms with Crippen LogP contribution in [0.1, 0.15) is 59.8 Å². The van der Waals surface area contributed by atoms with E-state index in [1.54, 1.807) is 32.0 Å². The minimum absolute atomic E-state index is 0.0270. The highest BCUT2D eigenvalue weighted by Gasteiger charge is 2.33. The number of hydrogen-bond acceptors (Lipinski definition) is 6. The standard InChI is InChI=1S/C18H21BrNO5P/c1-3-24-26(22,25-4-2)11-13-9-14(19)7-8-15(13)18(21)16-10-23-20-17(16)12-5-6-12/h7-10,12H,3-6,11H2,1-2H3. The van der Waals surface area contributed by atoms with Gasteiger partial charge in [0, 0.05) is 16.0 Å². The van der Waals surface area contributed by atoms with Crippen LogP contribution in [-0.4, -0.2) is 24.2 Å². The third-order valence-electron chi connectivity index (χ3n) is 4.13. The van der Waals surface area contributed by atoms with Crippen molar-refractivity contribution >= 4 is 29.3 Å². The Morgan fingerprint density at radius 2 is 1.96 bits per heavy atom. The molecule has 1 aliphatic rings. The van der Waals surface area contributed by atoms with Crippen molar-refractivity contribution in [2.75, 3.05) is 13.2 Å². The van der Waals surface area contributed by atoms with E-state index >= 15 is 0 Å². The first-order chi connectivity index (χ1) is 12.5. The Hall–Kier alpha value is -1.27. The van der Waals surface area contributed by atoms with Crippen molar-refractivity contribution < 1.29 is 22.9 Å². The van der Waals surface area contributed by atoms with Gasteiger partial charge >= 0.3 is 7.60 Å². The van der Waals surface area contributed by atoms with Crippen LogP contribution in [0.25, 0.3) is 0 Å². The Kier molecular flexibility index (Phi) is 6.13. The van der Waals surface area contributed by atoms with E-state index in [4.69, 9.17) is 13.6 Å². The van der Waals surface area contributed by atoms with E-state index in [9.17, 15) is 9.36 Å². The Morgan fingerprint density at radius 1 is 1.27 bits per heavy atom. The second-order valence-electron chi connectivity index (χ2n) is 6.12. The number of carbonyl (C=O) groups is 1.